The summed E-state index contributed by atoms with van der Waals surface area (Å²) in [5.41, 5.74) is 0.0526. The first-order valence-electron chi connectivity index (χ1n) is 9.23. The number of ether oxygens (including phenoxy) is 1. The fraction of sp³-hybridized carbons (Fsp3) is 0.389. The van der Waals surface area contributed by atoms with Crippen LogP contribution in [0.25, 0.3) is 16.1 Å². The number of rotatable bonds is 6. The highest BCUT2D eigenvalue weighted by molar-refractivity contribution is 7.16. The topological polar surface area (TPSA) is 116 Å². The molecule has 0 saturated carbocycles. The average molecular weight is 416 g/mol. The maximum atomic E-state index is 12.5. The Kier molecular flexibility index (Phi) is 4.82. The van der Waals surface area contributed by atoms with Gasteiger partial charge in [0.2, 0.25) is 0 Å². The molecule has 0 spiro atoms. The van der Waals surface area contributed by atoms with Crippen LogP contribution < -0.4 is 11.2 Å². The molecule has 0 aliphatic heterocycles. The van der Waals surface area contributed by atoms with Crippen molar-refractivity contribution < 1.29 is 9.53 Å². The van der Waals surface area contributed by atoms with Gasteiger partial charge in [-0.15, -0.1) is 11.3 Å². The Balaban J connectivity index is 1.87. The third kappa shape index (κ3) is 3.37. The van der Waals surface area contributed by atoms with Crippen molar-refractivity contribution in [3.63, 3.8) is 0 Å². The molecule has 0 aromatic carbocycles. The van der Waals surface area contributed by atoms with Gasteiger partial charge in [0.1, 0.15) is 12.4 Å². The van der Waals surface area contributed by atoms with Gasteiger partial charge in [0, 0.05) is 23.8 Å². The van der Waals surface area contributed by atoms with Crippen molar-refractivity contribution in [1.82, 2.24) is 28.5 Å². The Hall–Kier alpha value is -3.21. The summed E-state index contributed by atoms with van der Waals surface area (Å²) in [5.74, 6) is -0.0167. The Morgan fingerprint density at radius 2 is 2.00 bits per heavy atom. The first-order chi connectivity index (χ1) is 13.9. The highest BCUT2D eigenvalue weighted by Gasteiger charge is 2.21. The third-order valence-corrected chi connectivity index (χ3v) is 5.45. The molecular weight excluding hydrogens is 396 g/mol. The molecule has 4 aromatic rings. The minimum atomic E-state index is -0.584. The first kappa shape index (κ1) is 19.1. The van der Waals surface area contributed by atoms with Crippen LogP contribution in [-0.4, -0.2) is 41.1 Å². The monoisotopic (exact) mass is 416 g/mol. The van der Waals surface area contributed by atoms with Crippen molar-refractivity contribution in [2.45, 2.75) is 40.3 Å². The second-order valence-corrected chi connectivity index (χ2v) is 7.75. The molecule has 1 N–H and O–H groups in total. The van der Waals surface area contributed by atoms with Gasteiger partial charge < -0.3 is 9.30 Å². The maximum absolute atomic E-state index is 12.5. The van der Waals surface area contributed by atoms with E-state index in [2.05, 4.69) is 15.0 Å². The number of nitrogens with zero attached hydrogens (tertiary/aromatic N) is 5. The van der Waals surface area contributed by atoms with E-state index in [1.165, 1.54) is 9.13 Å². The number of thiazole rings is 1. The van der Waals surface area contributed by atoms with Gasteiger partial charge in [-0.2, -0.15) is 0 Å². The normalized spacial score (nSPS) is 11.6. The van der Waals surface area contributed by atoms with Crippen LogP contribution in [0.1, 0.15) is 30.2 Å². The second kappa shape index (κ2) is 7.32. The minimum Gasteiger partial charge on any atom is -0.465 e. The maximum Gasteiger partial charge on any atom is 0.330 e. The third-order valence-electron chi connectivity index (χ3n) is 4.53. The van der Waals surface area contributed by atoms with Crippen molar-refractivity contribution >= 4 is 33.4 Å². The summed E-state index contributed by atoms with van der Waals surface area (Å²) in [6, 6.07) is 0. The van der Waals surface area contributed by atoms with Crippen molar-refractivity contribution in [3.05, 3.63) is 49.6 Å². The van der Waals surface area contributed by atoms with Gasteiger partial charge in [-0.05, 0) is 20.8 Å². The van der Waals surface area contributed by atoms with Crippen LogP contribution in [0.15, 0.2) is 22.0 Å². The summed E-state index contributed by atoms with van der Waals surface area (Å²) in [6.07, 6.45) is 4.18. The van der Waals surface area contributed by atoms with Crippen LogP contribution in [0.3, 0.4) is 0 Å². The molecule has 0 fully saturated rings. The molecule has 4 heterocycles. The van der Waals surface area contributed by atoms with Crippen molar-refractivity contribution in [2.24, 2.45) is 0 Å². The fourth-order valence-corrected chi connectivity index (χ4v) is 4.19. The lowest BCUT2D eigenvalue weighted by atomic mass is 10.3. The summed E-state index contributed by atoms with van der Waals surface area (Å²) in [7, 11) is 0. The van der Waals surface area contributed by atoms with E-state index in [9.17, 15) is 14.4 Å². The Bertz CT molecular complexity index is 1310. The van der Waals surface area contributed by atoms with Crippen LogP contribution in [0.5, 0.6) is 0 Å². The number of aromatic nitrogens is 6. The lowest BCUT2D eigenvalue weighted by Crippen LogP contribution is -2.31. The molecule has 0 aliphatic carbocycles. The van der Waals surface area contributed by atoms with E-state index in [0.717, 1.165) is 15.5 Å². The molecule has 0 aliphatic rings. The number of hydrogen-bond acceptors (Lipinski definition) is 7. The molecule has 11 heteroatoms. The zero-order valence-corrected chi connectivity index (χ0v) is 17.1. The highest BCUT2D eigenvalue weighted by atomic mass is 32.1. The number of hydrogen-bond donors (Lipinski definition) is 1. The molecule has 0 bridgehead atoms. The van der Waals surface area contributed by atoms with Gasteiger partial charge in [-0.25, -0.2) is 14.8 Å². The number of aryl methyl sites for hydroxylation is 2. The fourth-order valence-electron chi connectivity index (χ4n) is 3.36. The first-order valence-corrected chi connectivity index (χ1v) is 10.0. The zero-order valence-electron chi connectivity index (χ0n) is 16.3. The lowest BCUT2D eigenvalue weighted by Gasteiger charge is -2.08. The largest absolute Gasteiger partial charge is 0.465 e. The SMILES string of the molecule is CCOC(=O)Cn1c(Cc2cn3cc(C)sc3n2)nc2c1c(=O)[nH]c(=O)n2CC. The number of carbonyl (C=O) groups is 1. The number of imidazole rings is 2. The smallest absolute Gasteiger partial charge is 0.330 e. The van der Waals surface area contributed by atoms with Crippen molar-refractivity contribution in [3.8, 4) is 0 Å². The van der Waals surface area contributed by atoms with Gasteiger partial charge in [0.05, 0.1) is 18.7 Å². The van der Waals surface area contributed by atoms with Gasteiger partial charge in [0.25, 0.3) is 5.56 Å². The number of nitrogens with one attached hydrogen (secondary N) is 1. The Morgan fingerprint density at radius 3 is 2.69 bits per heavy atom. The number of carbonyl (C=O) groups excluding carboxylic acids is 1. The van der Waals surface area contributed by atoms with Gasteiger partial charge in [-0.1, -0.05) is 0 Å². The van der Waals surface area contributed by atoms with E-state index >= 15 is 0 Å². The van der Waals surface area contributed by atoms with E-state index in [1.54, 1.807) is 25.2 Å². The van der Waals surface area contributed by atoms with Crippen LogP contribution >= 0.6 is 11.3 Å². The molecule has 10 nitrogen and oxygen atoms in total. The number of esters is 1. The minimum absolute atomic E-state index is 0.173. The molecule has 0 unspecified atom stereocenters. The van der Waals surface area contributed by atoms with E-state index in [4.69, 9.17) is 4.74 Å². The quantitative estimate of drug-likeness (QED) is 0.470. The van der Waals surface area contributed by atoms with E-state index in [0.29, 0.717) is 18.8 Å². The molecule has 4 rings (SSSR count). The molecule has 4 aromatic heterocycles. The van der Waals surface area contributed by atoms with Crippen LogP contribution in [0.2, 0.25) is 0 Å². The summed E-state index contributed by atoms with van der Waals surface area (Å²) < 4.78 is 9.87. The van der Waals surface area contributed by atoms with Crippen LogP contribution in [0.4, 0.5) is 0 Å². The standard InChI is InChI=1S/C18H20N6O4S/c1-4-23-15-14(16(26)21-17(23)27)24(9-13(25)28-5-2)12(20-15)6-11-8-22-7-10(3)29-18(22)19-11/h7-8H,4-6,9H2,1-3H3,(H,21,26,27). The van der Waals surface area contributed by atoms with Crippen molar-refractivity contribution in [2.75, 3.05) is 6.61 Å². The molecule has 152 valence electrons. The number of H-pyrrole nitrogens is 1. The Labute approximate surface area is 168 Å². The summed E-state index contributed by atoms with van der Waals surface area (Å²) in [6.45, 7) is 5.90. The Morgan fingerprint density at radius 1 is 1.21 bits per heavy atom. The predicted octanol–water partition coefficient (Wildman–Crippen LogP) is 1.08. The highest BCUT2D eigenvalue weighted by Crippen LogP contribution is 2.20. The molecular formula is C18H20N6O4S. The summed E-state index contributed by atoms with van der Waals surface area (Å²) in [5, 5.41) is 0. The lowest BCUT2D eigenvalue weighted by molar-refractivity contribution is -0.143. The average Bonchev–Trinajstić information content (AvgIpc) is 3.27. The molecule has 0 saturated heterocycles. The molecule has 0 atom stereocenters. The predicted molar refractivity (Wildman–Crippen MR) is 108 cm³/mol. The zero-order chi connectivity index (χ0) is 20.7. The molecule has 0 radical (unpaired) electrons. The second-order valence-electron chi connectivity index (χ2n) is 6.54. The van der Waals surface area contributed by atoms with Gasteiger partial charge >= 0.3 is 11.7 Å². The molecule has 0 amide bonds. The summed E-state index contributed by atoms with van der Waals surface area (Å²) in [4.78, 5) is 50.3. The van der Waals surface area contributed by atoms with Crippen molar-refractivity contribution in [1.29, 1.82) is 0 Å². The van der Waals surface area contributed by atoms with E-state index in [-0.39, 0.29) is 24.3 Å². The van der Waals surface area contributed by atoms with Gasteiger partial charge in [-0.3, -0.25) is 23.5 Å². The van der Waals surface area contributed by atoms with E-state index < -0.39 is 17.2 Å². The van der Waals surface area contributed by atoms with E-state index in [1.807, 2.05) is 23.7 Å². The van der Waals surface area contributed by atoms with Gasteiger partial charge in [0.15, 0.2) is 16.1 Å². The summed E-state index contributed by atoms with van der Waals surface area (Å²) >= 11 is 1.57. The van der Waals surface area contributed by atoms with Crippen LogP contribution in [0, 0.1) is 6.92 Å². The number of aromatic amines is 1. The van der Waals surface area contributed by atoms with Crippen LogP contribution in [-0.2, 0) is 29.0 Å². The molecule has 29 heavy (non-hydrogen) atoms. The number of fused-ring (bicyclic) bond motifs is 2.